The molecule has 0 N–H and O–H groups in total. The number of hydrogen-bond acceptors (Lipinski definition) is 6. The van der Waals surface area contributed by atoms with Gasteiger partial charge in [0.1, 0.15) is 11.5 Å². The number of rotatable bonds is 12. The minimum absolute atomic E-state index is 0.293. The fourth-order valence-corrected chi connectivity index (χ4v) is 3.16. The largest absolute Gasteiger partial charge is 0.493 e. The first kappa shape index (κ1) is 29.4. The maximum atomic E-state index is 11.0. The summed E-state index contributed by atoms with van der Waals surface area (Å²) in [6, 6.07) is 22.8. The molecule has 0 fully saturated rings. The number of hydrogen-bond donors (Lipinski definition) is 0. The Bertz CT molecular complexity index is 1290. The van der Waals surface area contributed by atoms with E-state index in [-0.39, 0.29) is 0 Å². The van der Waals surface area contributed by atoms with E-state index in [4.69, 9.17) is 18.9 Å². The molecule has 0 saturated carbocycles. The third-order valence-corrected chi connectivity index (χ3v) is 5.23. The average Bonchev–Trinajstić information content (AvgIpc) is 3.00. The molecule has 0 aliphatic heterocycles. The second-order valence-electron chi connectivity index (χ2n) is 8.27. The van der Waals surface area contributed by atoms with Gasteiger partial charge < -0.3 is 18.9 Å². The molecule has 3 aromatic rings. The van der Waals surface area contributed by atoms with Crippen molar-refractivity contribution in [3.63, 3.8) is 0 Å². The molecule has 0 atom stereocenters. The van der Waals surface area contributed by atoms with E-state index in [0.29, 0.717) is 39.3 Å². The summed E-state index contributed by atoms with van der Waals surface area (Å²) >= 11 is 0. The molecule has 202 valence electrons. The van der Waals surface area contributed by atoms with E-state index in [9.17, 15) is 9.59 Å². The molecule has 0 aromatic heterocycles. The second kappa shape index (κ2) is 16.6. The predicted octanol–water partition coefficient (Wildman–Crippen LogP) is 5.48. The highest BCUT2D eigenvalue weighted by Crippen LogP contribution is 2.13. The first-order chi connectivity index (χ1) is 19.6. The Morgan fingerprint density at radius 1 is 0.525 bits per heavy atom. The van der Waals surface area contributed by atoms with Crippen LogP contribution in [0.2, 0.25) is 0 Å². The molecule has 0 spiro atoms. The highest BCUT2D eigenvalue weighted by molar-refractivity contribution is 5.81. The van der Waals surface area contributed by atoms with Crippen LogP contribution >= 0.6 is 0 Å². The van der Waals surface area contributed by atoms with Gasteiger partial charge in [-0.2, -0.15) is 0 Å². The number of benzene rings is 3. The van der Waals surface area contributed by atoms with Crippen molar-refractivity contribution < 1.29 is 28.5 Å². The molecule has 0 saturated heterocycles. The van der Waals surface area contributed by atoms with Crippen LogP contribution < -0.4 is 9.47 Å². The quantitative estimate of drug-likeness (QED) is 0.133. The van der Waals surface area contributed by atoms with E-state index in [2.05, 4.69) is 36.8 Å². The van der Waals surface area contributed by atoms with E-state index in [1.54, 1.807) is 0 Å². The lowest BCUT2D eigenvalue weighted by molar-refractivity contribution is -0.138. The minimum atomic E-state index is -0.432. The summed E-state index contributed by atoms with van der Waals surface area (Å²) in [6.07, 6.45) is 3.48. The standard InChI is InChI=1S/C34H30O6/c1-3-33(35)39-25-5-23-37-31-19-15-29(16-20-31)13-11-27-7-9-28(10-8-27)12-14-30-17-21-32(22-18-30)38-24-6-26-40-34(36)4-2/h3-4,7-10,15-22H,1-2,5-6,23-26H2. The van der Waals surface area contributed by atoms with Gasteiger partial charge in [-0.25, -0.2) is 9.59 Å². The number of ether oxygens (including phenoxy) is 4. The van der Waals surface area contributed by atoms with Crippen molar-refractivity contribution in [2.75, 3.05) is 26.4 Å². The molecule has 0 unspecified atom stereocenters. The Kier molecular flexibility index (Phi) is 12.2. The summed E-state index contributed by atoms with van der Waals surface area (Å²) < 4.78 is 21.1. The van der Waals surface area contributed by atoms with E-state index in [1.807, 2.05) is 72.8 Å². The van der Waals surface area contributed by atoms with Gasteiger partial charge in [0.2, 0.25) is 0 Å². The summed E-state index contributed by atoms with van der Waals surface area (Å²) in [5.41, 5.74) is 3.53. The van der Waals surface area contributed by atoms with E-state index >= 15 is 0 Å². The Balaban J connectivity index is 1.43. The maximum absolute atomic E-state index is 11.0. The molecule has 40 heavy (non-hydrogen) atoms. The molecule has 0 heterocycles. The van der Waals surface area contributed by atoms with Crippen molar-refractivity contribution in [2.24, 2.45) is 0 Å². The normalized spacial score (nSPS) is 9.60. The molecule has 0 aliphatic rings. The third-order valence-electron chi connectivity index (χ3n) is 5.23. The molecule has 6 heteroatoms. The highest BCUT2D eigenvalue weighted by atomic mass is 16.5. The van der Waals surface area contributed by atoms with Crippen LogP contribution in [-0.4, -0.2) is 38.4 Å². The van der Waals surface area contributed by atoms with Gasteiger partial charge in [0.05, 0.1) is 26.4 Å². The molecule has 3 aromatic carbocycles. The summed E-state index contributed by atoms with van der Waals surface area (Å²) in [7, 11) is 0. The number of carbonyl (C=O) groups excluding carboxylic acids is 2. The zero-order valence-electron chi connectivity index (χ0n) is 22.2. The van der Waals surface area contributed by atoms with Gasteiger partial charge in [0.25, 0.3) is 0 Å². The summed E-state index contributed by atoms with van der Waals surface area (Å²) in [4.78, 5) is 22.0. The van der Waals surface area contributed by atoms with Crippen LogP contribution in [0.3, 0.4) is 0 Å². The smallest absolute Gasteiger partial charge is 0.330 e. The molecule has 3 rings (SSSR count). The SMILES string of the molecule is C=CC(=O)OCCCOc1ccc(C#Cc2ccc(C#Cc3ccc(OCCCOC(=O)C=C)cc3)cc2)cc1. The van der Waals surface area contributed by atoms with Gasteiger partial charge in [-0.15, -0.1) is 0 Å². The van der Waals surface area contributed by atoms with E-state index in [0.717, 1.165) is 45.9 Å². The van der Waals surface area contributed by atoms with Crippen LogP contribution in [0.5, 0.6) is 11.5 Å². The Morgan fingerprint density at radius 3 is 1.12 bits per heavy atom. The Labute approximate surface area is 235 Å². The number of esters is 2. The van der Waals surface area contributed by atoms with Gasteiger partial charge in [-0.05, 0) is 72.8 Å². The zero-order valence-corrected chi connectivity index (χ0v) is 22.2. The Morgan fingerprint density at radius 2 is 0.825 bits per heavy atom. The van der Waals surface area contributed by atoms with Crippen LogP contribution in [-0.2, 0) is 19.1 Å². The van der Waals surface area contributed by atoms with Crippen LogP contribution in [0.1, 0.15) is 35.1 Å². The monoisotopic (exact) mass is 534 g/mol. The van der Waals surface area contributed by atoms with Crippen molar-refractivity contribution in [3.05, 3.63) is 120 Å². The predicted molar refractivity (Wildman–Crippen MR) is 154 cm³/mol. The molecular weight excluding hydrogens is 504 g/mol. The lowest BCUT2D eigenvalue weighted by Crippen LogP contribution is -2.06. The molecule has 6 nitrogen and oxygen atoms in total. The molecule has 0 amide bonds. The van der Waals surface area contributed by atoms with Gasteiger partial charge in [0.15, 0.2) is 0 Å². The lowest BCUT2D eigenvalue weighted by Gasteiger charge is -2.06. The molecule has 0 bridgehead atoms. The van der Waals surface area contributed by atoms with Crippen molar-refractivity contribution in [2.45, 2.75) is 12.8 Å². The zero-order chi connectivity index (χ0) is 28.4. The van der Waals surface area contributed by atoms with Crippen LogP contribution in [0.4, 0.5) is 0 Å². The first-order valence-electron chi connectivity index (χ1n) is 12.7. The maximum Gasteiger partial charge on any atom is 0.330 e. The van der Waals surface area contributed by atoms with Gasteiger partial charge >= 0.3 is 11.9 Å². The summed E-state index contributed by atoms with van der Waals surface area (Å²) in [6.45, 7) is 8.19. The lowest BCUT2D eigenvalue weighted by atomic mass is 10.1. The van der Waals surface area contributed by atoms with Gasteiger partial charge in [-0.1, -0.05) is 36.8 Å². The fourth-order valence-electron chi connectivity index (χ4n) is 3.16. The molecular formula is C34H30O6. The topological polar surface area (TPSA) is 71.1 Å². The average molecular weight is 535 g/mol. The number of carbonyl (C=O) groups is 2. The second-order valence-corrected chi connectivity index (χ2v) is 8.27. The van der Waals surface area contributed by atoms with Gasteiger partial charge in [0, 0.05) is 47.2 Å². The van der Waals surface area contributed by atoms with E-state index in [1.165, 1.54) is 0 Å². The first-order valence-corrected chi connectivity index (χ1v) is 12.7. The van der Waals surface area contributed by atoms with Crippen molar-refractivity contribution in [3.8, 4) is 35.2 Å². The summed E-state index contributed by atoms with van der Waals surface area (Å²) in [5.74, 6) is 13.2. The van der Waals surface area contributed by atoms with E-state index < -0.39 is 11.9 Å². The molecule has 0 radical (unpaired) electrons. The highest BCUT2D eigenvalue weighted by Gasteiger charge is 1.99. The minimum Gasteiger partial charge on any atom is -0.493 e. The van der Waals surface area contributed by atoms with Crippen molar-refractivity contribution in [1.29, 1.82) is 0 Å². The summed E-state index contributed by atoms with van der Waals surface area (Å²) in [5, 5.41) is 0. The van der Waals surface area contributed by atoms with Crippen molar-refractivity contribution >= 4 is 11.9 Å². The van der Waals surface area contributed by atoms with Crippen LogP contribution in [0.25, 0.3) is 0 Å². The fraction of sp³-hybridized carbons (Fsp3) is 0.176. The van der Waals surface area contributed by atoms with Crippen LogP contribution in [0, 0.1) is 23.7 Å². The van der Waals surface area contributed by atoms with Crippen molar-refractivity contribution in [1.82, 2.24) is 0 Å². The van der Waals surface area contributed by atoms with Crippen LogP contribution in [0.15, 0.2) is 98.1 Å². The third kappa shape index (κ3) is 11.0. The Hall–Kier alpha value is -5.20. The van der Waals surface area contributed by atoms with Gasteiger partial charge in [-0.3, -0.25) is 0 Å². The molecule has 0 aliphatic carbocycles.